The van der Waals surface area contributed by atoms with Gasteiger partial charge in [0.1, 0.15) is 11.2 Å². The topological polar surface area (TPSA) is 21.3 Å². The van der Waals surface area contributed by atoms with Crippen molar-refractivity contribution in [1.29, 1.82) is 0 Å². The van der Waals surface area contributed by atoms with Crippen LogP contribution in [0.2, 0.25) is 0 Å². The highest BCUT2D eigenvalue weighted by molar-refractivity contribution is 6.13. The second kappa shape index (κ2) is 11.7. The average Bonchev–Trinajstić information content (AvgIpc) is 3.78. The van der Waals surface area contributed by atoms with Crippen molar-refractivity contribution in [2.45, 2.75) is 19.8 Å². The Morgan fingerprint density at radius 3 is 1.61 bits per heavy atom. The molecule has 0 spiro atoms. The number of hydrogen-bond acceptors (Lipinski definition) is 2. The number of benzene rings is 9. The molecule has 2 aromatic heterocycles. The second-order valence-corrected chi connectivity index (χ2v) is 15.6. The molecule has 0 fully saturated rings. The summed E-state index contributed by atoms with van der Waals surface area (Å²) in [7, 11) is 0. The molecule has 3 nitrogen and oxygen atoms in total. The third-order valence-corrected chi connectivity index (χ3v) is 12.0. The number of furan rings is 1. The predicted molar refractivity (Wildman–Crippen MR) is 236 cm³/mol. The Balaban J connectivity index is 0.971. The fourth-order valence-electron chi connectivity index (χ4n) is 9.19. The lowest BCUT2D eigenvalue weighted by atomic mass is 9.78. The van der Waals surface area contributed by atoms with Gasteiger partial charge in [0, 0.05) is 50.4 Å². The molecule has 3 heteroatoms. The molecule has 264 valence electrons. The third-order valence-electron chi connectivity index (χ3n) is 12.0. The SMILES string of the molecule is CC(C)c1ccc(N(c2ccc3cc4c(cc3c2)-c2cc3cc(-n5c6ccccc6c6ccccc65)ccc3cc2-4)c2ccc3c(c2)oc2ccccc23)cc1. The Bertz CT molecular complexity index is 3350. The first-order valence-electron chi connectivity index (χ1n) is 19.5. The molecule has 0 unspecified atom stereocenters. The summed E-state index contributed by atoms with van der Waals surface area (Å²) >= 11 is 0. The third kappa shape index (κ3) is 4.58. The first-order chi connectivity index (χ1) is 27.6. The van der Waals surface area contributed by atoms with Gasteiger partial charge < -0.3 is 13.9 Å². The van der Waals surface area contributed by atoms with Crippen LogP contribution in [0.15, 0.2) is 180 Å². The standard InChI is InChI=1S/C53H36N2O/c1-32(2)33-15-19-38(20-16-33)54(41-23-24-45-44-11-5-8-14-52(44)56-53(45)31-41)39-21-17-34-27-46-47-28-35-18-22-40(26-37(35)30-49(47)48(46)29-36(34)25-39)55-50-12-6-3-9-42(50)43-10-4-7-13-51(43)55/h3-32H,1-2H3. The first-order valence-corrected chi connectivity index (χ1v) is 19.5. The van der Waals surface area contributed by atoms with Gasteiger partial charge in [-0.3, -0.25) is 0 Å². The highest BCUT2D eigenvalue weighted by atomic mass is 16.3. The molecule has 11 aromatic rings. The average molecular weight is 717 g/mol. The van der Waals surface area contributed by atoms with Gasteiger partial charge in [-0.1, -0.05) is 92.7 Å². The zero-order valence-electron chi connectivity index (χ0n) is 31.1. The van der Waals surface area contributed by atoms with Crippen LogP contribution in [0.25, 0.3) is 93.2 Å². The Morgan fingerprint density at radius 2 is 0.929 bits per heavy atom. The zero-order valence-corrected chi connectivity index (χ0v) is 31.1. The van der Waals surface area contributed by atoms with E-state index >= 15 is 0 Å². The maximum Gasteiger partial charge on any atom is 0.137 e. The maximum absolute atomic E-state index is 6.37. The van der Waals surface area contributed by atoms with Crippen molar-refractivity contribution in [2.24, 2.45) is 0 Å². The molecule has 12 rings (SSSR count). The number of hydrogen-bond donors (Lipinski definition) is 0. The van der Waals surface area contributed by atoms with Gasteiger partial charge in [-0.05, 0) is 146 Å². The summed E-state index contributed by atoms with van der Waals surface area (Å²) in [4.78, 5) is 2.35. The fraction of sp³-hybridized carbons (Fsp3) is 0.0566. The van der Waals surface area contributed by atoms with E-state index < -0.39 is 0 Å². The van der Waals surface area contributed by atoms with Gasteiger partial charge in [0.05, 0.1) is 11.0 Å². The molecule has 0 saturated heterocycles. The van der Waals surface area contributed by atoms with Crippen LogP contribution in [0, 0.1) is 0 Å². The Labute approximate surface area is 324 Å². The minimum Gasteiger partial charge on any atom is -0.456 e. The van der Waals surface area contributed by atoms with Crippen LogP contribution >= 0.6 is 0 Å². The summed E-state index contributed by atoms with van der Waals surface area (Å²) in [6, 6.07) is 64.6. The van der Waals surface area contributed by atoms with Crippen molar-refractivity contribution in [1.82, 2.24) is 4.57 Å². The van der Waals surface area contributed by atoms with Gasteiger partial charge in [-0.25, -0.2) is 0 Å². The van der Waals surface area contributed by atoms with Crippen molar-refractivity contribution >= 4 is 82.4 Å². The molecule has 0 N–H and O–H groups in total. The number of nitrogens with zero attached hydrogens (tertiary/aromatic N) is 2. The molecule has 1 aliphatic carbocycles. The van der Waals surface area contributed by atoms with Gasteiger partial charge in [-0.15, -0.1) is 0 Å². The summed E-state index contributed by atoms with van der Waals surface area (Å²) in [6.07, 6.45) is 0. The van der Waals surface area contributed by atoms with Crippen LogP contribution < -0.4 is 4.90 Å². The number of aromatic nitrogens is 1. The van der Waals surface area contributed by atoms with Crippen LogP contribution in [0.1, 0.15) is 25.3 Å². The van der Waals surface area contributed by atoms with E-state index in [0.717, 1.165) is 39.0 Å². The Morgan fingerprint density at radius 1 is 0.411 bits per heavy atom. The quantitative estimate of drug-likeness (QED) is 0.177. The van der Waals surface area contributed by atoms with E-state index in [1.807, 2.05) is 12.1 Å². The van der Waals surface area contributed by atoms with E-state index in [1.165, 1.54) is 76.9 Å². The smallest absolute Gasteiger partial charge is 0.137 e. The summed E-state index contributed by atoms with van der Waals surface area (Å²) in [5.41, 5.74) is 15.3. The fourth-order valence-corrected chi connectivity index (χ4v) is 9.19. The molecule has 0 atom stereocenters. The molecular weight excluding hydrogens is 681 g/mol. The second-order valence-electron chi connectivity index (χ2n) is 15.6. The number of para-hydroxylation sites is 3. The van der Waals surface area contributed by atoms with Gasteiger partial charge in [-0.2, -0.15) is 0 Å². The van der Waals surface area contributed by atoms with E-state index in [0.29, 0.717) is 5.92 Å². The molecule has 56 heavy (non-hydrogen) atoms. The van der Waals surface area contributed by atoms with Crippen LogP contribution in [0.4, 0.5) is 17.1 Å². The van der Waals surface area contributed by atoms with Crippen LogP contribution in [0.5, 0.6) is 0 Å². The Hall–Kier alpha value is -7.10. The van der Waals surface area contributed by atoms with Crippen molar-refractivity contribution in [3.8, 4) is 27.9 Å². The van der Waals surface area contributed by atoms with Crippen LogP contribution in [-0.4, -0.2) is 4.57 Å². The van der Waals surface area contributed by atoms with Gasteiger partial charge >= 0.3 is 0 Å². The lowest BCUT2D eigenvalue weighted by Gasteiger charge is -2.28. The molecule has 0 saturated carbocycles. The maximum atomic E-state index is 6.37. The molecule has 2 heterocycles. The summed E-state index contributed by atoms with van der Waals surface area (Å²) in [5, 5.41) is 9.80. The summed E-state index contributed by atoms with van der Waals surface area (Å²) < 4.78 is 8.78. The molecule has 0 aliphatic heterocycles. The van der Waals surface area contributed by atoms with Crippen LogP contribution in [0.3, 0.4) is 0 Å². The van der Waals surface area contributed by atoms with E-state index in [1.54, 1.807) is 0 Å². The van der Waals surface area contributed by atoms with Gasteiger partial charge in [0.25, 0.3) is 0 Å². The lowest BCUT2D eigenvalue weighted by molar-refractivity contribution is 0.669. The summed E-state index contributed by atoms with van der Waals surface area (Å²) in [6.45, 7) is 4.49. The molecular formula is C53H36N2O. The highest BCUT2D eigenvalue weighted by Gasteiger charge is 2.25. The minimum absolute atomic E-state index is 0.462. The molecule has 0 bridgehead atoms. The van der Waals surface area contributed by atoms with E-state index in [9.17, 15) is 0 Å². The van der Waals surface area contributed by atoms with E-state index in [2.05, 4.69) is 187 Å². The van der Waals surface area contributed by atoms with Crippen molar-refractivity contribution in [3.05, 3.63) is 181 Å². The van der Waals surface area contributed by atoms with Crippen molar-refractivity contribution in [3.63, 3.8) is 0 Å². The first kappa shape index (κ1) is 31.3. The molecule has 0 radical (unpaired) electrons. The van der Waals surface area contributed by atoms with Crippen LogP contribution in [-0.2, 0) is 0 Å². The van der Waals surface area contributed by atoms with Crippen molar-refractivity contribution < 1.29 is 4.42 Å². The molecule has 9 aromatic carbocycles. The number of rotatable bonds is 5. The normalized spacial score (nSPS) is 12.3. The van der Waals surface area contributed by atoms with Crippen molar-refractivity contribution in [2.75, 3.05) is 4.90 Å². The molecule has 0 amide bonds. The lowest BCUT2D eigenvalue weighted by Crippen LogP contribution is -2.10. The highest BCUT2D eigenvalue weighted by Crippen LogP contribution is 2.51. The zero-order chi connectivity index (χ0) is 37.1. The largest absolute Gasteiger partial charge is 0.456 e. The molecule has 1 aliphatic rings. The van der Waals surface area contributed by atoms with Gasteiger partial charge in [0.2, 0.25) is 0 Å². The summed E-state index contributed by atoms with van der Waals surface area (Å²) in [5.74, 6) is 0.462. The van der Waals surface area contributed by atoms with E-state index in [-0.39, 0.29) is 0 Å². The number of fused-ring (bicyclic) bond motifs is 12. The van der Waals surface area contributed by atoms with Gasteiger partial charge in [0.15, 0.2) is 0 Å². The predicted octanol–water partition coefficient (Wildman–Crippen LogP) is 15.2. The monoisotopic (exact) mass is 716 g/mol. The van der Waals surface area contributed by atoms with E-state index in [4.69, 9.17) is 4.42 Å². The Kier molecular flexibility index (Phi) is 6.53. The number of anilines is 3. The minimum atomic E-state index is 0.462.